The molecule has 1 aromatic carbocycles. The van der Waals surface area contributed by atoms with Crippen molar-refractivity contribution in [2.45, 2.75) is 0 Å². The van der Waals surface area contributed by atoms with Crippen molar-refractivity contribution in [2.75, 3.05) is 7.05 Å². The lowest BCUT2D eigenvalue weighted by atomic mass is 10.2. The lowest BCUT2D eigenvalue weighted by Gasteiger charge is -2.00. The Morgan fingerprint density at radius 2 is 2.14 bits per heavy atom. The molecule has 0 saturated carbocycles. The van der Waals surface area contributed by atoms with Gasteiger partial charge in [-0.05, 0) is 30.3 Å². The van der Waals surface area contributed by atoms with Crippen LogP contribution >= 0.6 is 11.6 Å². The second-order valence-corrected chi connectivity index (χ2v) is 5.26. The molecule has 22 heavy (non-hydrogen) atoms. The molecule has 0 radical (unpaired) electrons. The van der Waals surface area contributed by atoms with Crippen LogP contribution in [0.5, 0.6) is 0 Å². The summed E-state index contributed by atoms with van der Waals surface area (Å²) in [5.74, 6) is 0. The molecule has 0 aliphatic carbocycles. The summed E-state index contributed by atoms with van der Waals surface area (Å²) < 4.78 is 1.58. The number of aromatic amines is 1. The molecule has 0 atom stereocenters. The number of pyridine rings is 1. The van der Waals surface area contributed by atoms with Crippen LogP contribution in [0.2, 0.25) is 5.02 Å². The van der Waals surface area contributed by atoms with Crippen LogP contribution in [0.4, 0.5) is 5.69 Å². The van der Waals surface area contributed by atoms with Gasteiger partial charge in [0.1, 0.15) is 17.0 Å². The van der Waals surface area contributed by atoms with Gasteiger partial charge in [-0.15, -0.1) is 0 Å². The van der Waals surface area contributed by atoms with Gasteiger partial charge in [0.25, 0.3) is 5.56 Å². The van der Waals surface area contributed by atoms with Crippen LogP contribution in [0, 0.1) is 0 Å². The molecule has 7 heteroatoms. The maximum Gasteiger partial charge on any atom is 0.267 e. The summed E-state index contributed by atoms with van der Waals surface area (Å²) >= 11 is 6.08. The van der Waals surface area contributed by atoms with Gasteiger partial charge in [0.2, 0.25) is 0 Å². The minimum Gasteiger partial charge on any atom is -0.323 e. The Balaban J connectivity index is 2.36. The van der Waals surface area contributed by atoms with Gasteiger partial charge in [0, 0.05) is 23.7 Å². The molecular weight excluding hydrogens is 302 g/mol. The zero-order valence-corrected chi connectivity index (χ0v) is 12.3. The Morgan fingerprint density at radius 1 is 1.27 bits per heavy atom. The Kier molecular flexibility index (Phi) is 2.74. The summed E-state index contributed by atoms with van der Waals surface area (Å²) in [6.45, 7) is 0. The van der Waals surface area contributed by atoms with Crippen molar-refractivity contribution in [2.24, 2.45) is 10.2 Å². The largest absolute Gasteiger partial charge is 0.323 e. The van der Waals surface area contributed by atoms with Crippen molar-refractivity contribution in [3.63, 3.8) is 0 Å². The number of azo groups is 1. The third-order valence-electron chi connectivity index (χ3n) is 3.58. The fourth-order valence-corrected chi connectivity index (χ4v) is 2.86. The number of hydrogen-bond donors (Lipinski definition) is 1. The highest BCUT2D eigenvalue weighted by molar-refractivity contribution is 6.31. The third-order valence-corrected chi connectivity index (χ3v) is 3.82. The minimum absolute atomic E-state index is 0.151. The number of nitrogens with zero attached hydrogens (tertiary/aromatic N) is 4. The molecule has 0 saturated heterocycles. The van der Waals surface area contributed by atoms with Gasteiger partial charge < -0.3 is 4.98 Å². The number of rotatable bonds is 1. The number of H-pyrrole nitrogens is 1. The molecule has 0 bridgehead atoms. The van der Waals surface area contributed by atoms with Crippen LogP contribution in [-0.2, 0) is 0 Å². The second-order valence-electron chi connectivity index (χ2n) is 4.82. The fourth-order valence-electron chi connectivity index (χ4n) is 2.68. The maximum atomic E-state index is 12.8. The van der Waals surface area contributed by atoms with Gasteiger partial charge in [-0.1, -0.05) is 11.6 Å². The topological polar surface area (TPSA) is 74.9 Å². The predicted molar refractivity (Wildman–Crippen MR) is 86.3 cm³/mol. The van der Waals surface area contributed by atoms with Crippen molar-refractivity contribution in [1.82, 2.24) is 14.4 Å². The van der Waals surface area contributed by atoms with Gasteiger partial charge in [-0.2, -0.15) is 10.2 Å². The van der Waals surface area contributed by atoms with E-state index in [1.165, 1.54) is 0 Å². The number of aromatic nitrogens is 3. The summed E-state index contributed by atoms with van der Waals surface area (Å²) in [6, 6.07) is 8.80. The molecule has 4 rings (SSSR count). The van der Waals surface area contributed by atoms with Gasteiger partial charge >= 0.3 is 0 Å². The molecule has 0 aliphatic rings. The van der Waals surface area contributed by atoms with Crippen LogP contribution in [0.25, 0.3) is 27.6 Å². The molecule has 108 valence electrons. The number of halogens is 1. The SMILES string of the molecule is CN=Nc1c2cc(Cl)ccc2n2c(=O)c3cccnc3[nH]c12. The van der Waals surface area contributed by atoms with E-state index in [0.717, 1.165) is 10.9 Å². The van der Waals surface area contributed by atoms with Crippen LogP contribution in [-0.4, -0.2) is 21.4 Å². The first-order valence-electron chi connectivity index (χ1n) is 6.61. The van der Waals surface area contributed by atoms with Gasteiger partial charge in [0.15, 0.2) is 0 Å². The quantitative estimate of drug-likeness (QED) is 0.544. The summed E-state index contributed by atoms with van der Waals surface area (Å²) in [6.07, 6.45) is 1.63. The first kappa shape index (κ1) is 13.0. The Bertz CT molecular complexity index is 1130. The first-order chi connectivity index (χ1) is 10.7. The zero-order chi connectivity index (χ0) is 15.3. The van der Waals surface area contributed by atoms with E-state index in [1.807, 2.05) is 0 Å². The van der Waals surface area contributed by atoms with Crippen LogP contribution in [0.15, 0.2) is 51.6 Å². The Labute approximate surface area is 129 Å². The predicted octanol–water partition coefficient (Wildman–Crippen LogP) is 3.70. The van der Waals surface area contributed by atoms with E-state index in [9.17, 15) is 4.79 Å². The maximum absolute atomic E-state index is 12.8. The lowest BCUT2D eigenvalue weighted by Crippen LogP contribution is -2.14. The van der Waals surface area contributed by atoms with Crippen LogP contribution in [0.1, 0.15) is 0 Å². The van der Waals surface area contributed by atoms with Crippen LogP contribution < -0.4 is 5.56 Å². The van der Waals surface area contributed by atoms with E-state index in [-0.39, 0.29) is 5.56 Å². The molecule has 0 amide bonds. The third kappa shape index (κ3) is 1.67. The molecule has 1 N–H and O–H groups in total. The van der Waals surface area contributed by atoms with E-state index in [1.54, 1.807) is 48.0 Å². The molecular formula is C15H10ClN5O. The normalized spacial score (nSPS) is 12.1. The summed E-state index contributed by atoms with van der Waals surface area (Å²) in [5, 5.41) is 9.86. The average molecular weight is 312 g/mol. The van der Waals surface area contributed by atoms with Gasteiger partial charge in [-0.3, -0.25) is 9.20 Å². The zero-order valence-electron chi connectivity index (χ0n) is 11.5. The summed E-state index contributed by atoms with van der Waals surface area (Å²) in [7, 11) is 1.58. The Hall–Kier alpha value is -2.73. The molecule has 4 aromatic rings. The number of hydrogen-bond acceptors (Lipinski definition) is 4. The van der Waals surface area contributed by atoms with E-state index in [0.29, 0.717) is 27.4 Å². The highest BCUT2D eigenvalue weighted by Crippen LogP contribution is 2.34. The van der Waals surface area contributed by atoms with Gasteiger partial charge in [0.05, 0.1) is 10.9 Å². The smallest absolute Gasteiger partial charge is 0.267 e. The van der Waals surface area contributed by atoms with Crippen molar-refractivity contribution in [1.29, 1.82) is 0 Å². The highest BCUT2D eigenvalue weighted by Gasteiger charge is 2.16. The van der Waals surface area contributed by atoms with E-state index < -0.39 is 0 Å². The van der Waals surface area contributed by atoms with Gasteiger partial charge in [-0.25, -0.2) is 4.98 Å². The molecule has 0 fully saturated rings. The fraction of sp³-hybridized carbons (Fsp3) is 0.0667. The molecule has 6 nitrogen and oxygen atoms in total. The molecule has 3 heterocycles. The number of fused-ring (bicyclic) bond motifs is 4. The van der Waals surface area contributed by atoms with Crippen molar-refractivity contribution < 1.29 is 0 Å². The lowest BCUT2D eigenvalue weighted by molar-refractivity contribution is 1.11. The number of benzene rings is 1. The highest BCUT2D eigenvalue weighted by atomic mass is 35.5. The second kappa shape index (κ2) is 4.64. The molecule has 3 aromatic heterocycles. The molecule has 0 spiro atoms. The van der Waals surface area contributed by atoms with Crippen molar-refractivity contribution >= 4 is 44.9 Å². The summed E-state index contributed by atoms with van der Waals surface area (Å²) in [4.78, 5) is 20.2. The van der Waals surface area contributed by atoms with Crippen LogP contribution in [0.3, 0.4) is 0 Å². The molecule has 0 unspecified atom stereocenters. The monoisotopic (exact) mass is 311 g/mol. The molecule has 0 aliphatic heterocycles. The first-order valence-corrected chi connectivity index (χ1v) is 6.99. The standard InChI is InChI=1S/C15H10ClN5O/c1-17-20-12-10-7-8(16)4-5-11(10)21-14(12)19-13-9(15(21)22)3-2-6-18-13/h2-7H,1H3,(H,18,19). The van der Waals surface area contributed by atoms with Crippen molar-refractivity contribution in [3.8, 4) is 0 Å². The Morgan fingerprint density at radius 3 is 2.95 bits per heavy atom. The van der Waals surface area contributed by atoms with E-state index in [2.05, 4.69) is 20.2 Å². The minimum atomic E-state index is -0.151. The van der Waals surface area contributed by atoms with E-state index >= 15 is 0 Å². The van der Waals surface area contributed by atoms with Crippen molar-refractivity contribution in [3.05, 3.63) is 51.9 Å². The summed E-state index contributed by atoms with van der Waals surface area (Å²) in [5.41, 5.74) is 2.22. The number of nitrogens with one attached hydrogen (secondary N) is 1. The van der Waals surface area contributed by atoms with E-state index in [4.69, 9.17) is 11.6 Å². The average Bonchev–Trinajstić information content (AvgIpc) is 2.82.